The van der Waals surface area contributed by atoms with Gasteiger partial charge in [0.05, 0.1) is 24.8 Å². The Bertz CT molecular complexity index is 1770. The van der Waals surface area contributed by atoms with E-state index in [-0.39, 0.29) is 34.9 Å². The Morgan fingerprint density at radius 1 is 0.894 bits per heavy atom. The van der Waals surface area contributed by atoms with E-state index in [0.29, 0.717) is 18.7 Å². The molecule has 0 spiro atoms. The number of anilines is 1. The summed E-state index contributed by atoms with van der Waals surface area (Å²) in [5.74, 6) is -1.21. The Balaban J connectivity index is 1.87. The van der Waals surface area contributed by atoms with Gasteiger partial charge in [0.2, 0.25) is 11.8 Å². The van der Waals surface area contributed by atoms with Gasteiger partial charge in [-0.25, -0.2) is 12.8 Å². The van der Waals surface area contributed by atoms with Crippen molar-refractivity contribution in [3.63, 3.8) is 0 Å². The molecule has 0 saturated heterocycles. The molecular weight excluding hydrogens is 621 g/mol. The van der Waals surface area contributed by atoms with E-state index < -0.39 is 40.2 Å². The smallest absolute Gasteiger partial charge is 0.264 e. The monoisotopic (exact) mass is 661 g/mol. The fraction of sp³-hybridized carbons (Fsp3) is 0.278. The van der Waals surface area contributed by atoms with Crippen LogP contribution in [0.15, 0.2) is 102 Å². The van der Waals surface area contributed by atoms with Crippen LogP contribution in [-0.2, 0) is 32.6 Å². The number of hydrogen-bond acceptors (Lipinski definition) is 6. The molecule has 0 radical (unpaired) electrons. The van der Waals surface area contributed by atoms with Gasteiger partial charge in [0.25, 0.3) is 10.0 Å². The minimum atomic E-state index is -4.38. The fourth-order valence-electron chi connectivity index (χ4n) is 5.07. The maximum atomic E-state index is 15.1. The first-order valence-electron chi connectivity index (χ1n) is 15.2. The van der Waals surface area contributed by atoms with Gasteiger partial charge < -0.3 is 19.7 Å². The molecule has 2 amide bonds. The van der Waals surface area contributed by atoms with Crippen LogP contribution in [0.3, 0.4) is 0 Å². The van der Waals surface area contributed by atoms with Crippen LogP contribution in [0.25, 0.3) is 0 Å². The molecule has 0 fully saturated rings. The van der Waals surface area contributed by atoms with E-state index in [9.17, 15) is 18.0 Å². The number of halogens is 1. The van der Waals surface area contributed by atoms with Gasteiger partial charge in [-0.15, -0.1) is 0 Å². The average molecular weight is 662 g/mol. The van der Waals surface area contributed by atoms with Gasteiger partial charge in [-0.2, -0.15) is 0 Å². The number of aryl methyl sites for hydroxylation is 1. The van der Waals surface area contributed by atoms with Gasteiger partial charge in [0.15, 0.2) is 0 Å². The highest BCUT2D eigenvalue weighted by Crippen LogP contribution is 2.36. The number of nitrogens with zero attached hydrogens (tertiary/aromatic N) is 2. The van der Waals surface area contributed by atoms with Crippen molar-refractivity contribution in [2.24, 2.45) is 0 Å². The minimum absolute atomic E-state index is 0.0528. The molecule has 0 saturated carbocycles. The number of rotatable bonds is 15. The largest absolute Gasteiger partial charge is 0.497 e. The lowest BCUT2D eigenvalue weighted by atomic mass is 10.0. The van der Waals surface area contributed by atoms with E-state index in [4.69, 9.17) is 9.47 Å². The summed E-state index contributed by atoms with van der Waals surface area (Å²) in [4.78, 5) is 29.5. The first kappa shape index (κ1) is 35.0. The van der Waals surface area contributed by atoms with E-state index in [1.807, 2.05) is 44.2 Å². The zero-order valence-corrected chi connectivity index (χ0v) is 27.8. The number of methoxy groups -OCH3 is 2. The standard InChI is InChI=1S/C36H40FN3O6S/c1-5-21-38-36(42)33(22-27-11-7-6-8-12-27)39(24-28-13-9-10-14-31(28)37)35(41)25-40(32-23-29(45-3)17-20-34(32)46-4)47(43,44)30-18-15-26(2)16-19-30/h6-20,23,33H,5,21-22,24-25H2,1-4H3,(H,38,42)/t33-/m0/s1. The van der Waals surface area contributed by atoms with Crippen molar-refractivity contribution < 1.29 is 31.9 Å². The molecule has 9 nitrogen and oxygen atoms in total. The molecule has 0 unspecified atom stereocenters. The number of carbonyl (C=O) groups is 2. The van der Waals surface area contributed by atoms with Crippen molar-refractivity contribution in [1.29, 1.82) is 0 Å². The van der Waals surface area contributed by atoms with Crippen LogP contribution in [0.1, 0.15) is 30.0 Å². The number of hydrogen-bond donors (Lipinski definition) is 1. The third-order valence-corrected chi connectivity index (χ3v) is 9.44. The van der Waals surface area contributed by atoms with E-state index in [2.05, 4.69) is 5.32 Å². The van der Waals surface area contributed by atoms with E-state index >= 15 is 4.39 Å². The lowest BCUT2D eigenvalue weighted by molar-refractivity contribution is -0.140. The van der Waals surface area contributed by atoms with E-state index in [1.54, 1.807) is 30.3 Å². The van der Waals surface area contributed by atoms with Gasteiger partial charge in [-0.05, 0) is 49.2 Å². The summed E-state index contributed by atoms with van der Waals surface area (Å²) < 4.78 is 55.6. The molecule has 0 aliphatic rings. The second-order valence-electron chi connectivity index (χ2n) is 11.0. The molecular formula is C36H40FN3O6S. The van der Waals surface area contributed by atoms with Gasteiger partial charge in [0.1, 0.15) is 29.9 Å². The van der Waals surface area contributed by atoms with E-state index in [1.165, 1.54) is 55.5 Å². The first-order valence-corrected chi connectivity index (χ1v) is 16.7. The molecule has 0 aromatic heterocycles. The third kappa shape index (κ3) is 8.68. The zero-order chi connectivity index (χ0) is 34.0. The van der Waals surface area contributed by atoms with Crippen molar-refractivity contribution in [3.05, 3.63) is 120 Å². The SMILES string of the molecule is CCCNC(=O)[C@H](Cc1ccccc1)N(Cc1ccccc1F)C(=O)CN(c1cc(OC)ccc1OC)S(=O)(=O)c1ccc(C)cc1. The number of carbonyl (C=O) groups excluding carboxylic acids is 2. The summed E-state index contributed by atoms with van der Waals surface area (Å²) in [6.07, 6.45) is 0.771. The Kier molecular flexibility index (Phi) is 12.0. The molecule has 1 N–H and O–H groups in total. The van der Waals surface area contributed by atoms with Gasteiger partial charge >= 0.3 is 0 Å². The highest BCUT2D eigenvalue weighted by atomic mass is 32.2. The molecule has 248 valence electrons. The van der Waals surface area contributed by atoms with Gasteiger partial charge in [-0.3, -0.25) is 13.9 Å². The third-order valence-electron chi connectivity index (χ3n) is 7.66. The number of nitrogens with one attached hydrogen (secondary N) is 1. The lowest BCUT2D eigenvalue weighted by Crippen LogP contribution is -2.53. The molecule has 4 aromatic carbocycles. The number of ether oxygens (including phenoxy) is 2. The van der Waals surface area contributed by atoms with Crippen LogP contribution in [0.5, 0.6) is 11.5 Å². The van der Waals surface area contributed by atoms with Crippen LogP contribution >= 0.6 is 0 Å². The maximum absolute atomic E-state index is 15.1. The Morgan fingerprint density at radius 2 is 1.57 bits per heavy atom. The molecule has 0 aliphatic carbocycles. The van der Waals surface area contributed by atoms with Crippen LogP contribution in [0.4, 0.5) is 10.1 Å². The molecule has 4 aromatic rings. The predicted molar refractivity (Wildman–Crippen MR) is 179 cm³/mol. The highest BCUT2D eigenvalue weighted by Gasteiger charge is 2.36. The molecule has 47 heavy (non-hydrogen) atoms. The first-order chi connectivity index (χ1) is 22.6. The van der Waals surface area contributed by atoms with Crippen molar-refractivity contribution in [1.82, 2.24) is 10.2 Å². The zero-order valence-electron chi connectivity index (χ0n) is 27.0. The van der Waals surface area contributed by atoms with Crippen LogP contribution in [-0.4, -0.2) is 58.5 Å². The Labute approximate surface area is 276 Å². The predicted octanol–water partition coefficient (Wildman–Crippen LogP) is 5.51. The quantitative estimate of drug-likeness (QED) is 0.180. The van der Waals surface area contributed by atoms with Crippen molar-refractivity contribution >= 4 is 27.5 Å². The maximum Gasteiger partial charge on any atom is 0.264 e. The highest BCUT2D eigenvalue weighted by molar-refractivity contribution is 7.92. The second kappa shape index (κ2) is 16.1. The molecule has 0 bridgehead atoms. The molecule has 1 atom stereocenters. The van der Waals surface area contributed by atoms with Crippen LogP contribution < -0.4 is 19.1 Å². The summed E-state index contributed by atoms with van der Waals surface area (Å²) in [5.41, 5.74) is 1.85. The summed E-state index contributed by atoms with van der Waals surface area (Å²) in [7, 11) is -1.55. The van der Waals surface area contributed by atoms with Gasteiger partial charge in [0, 0.05) is 31.1 Å². The topological polar surface area (TPSA) is 105 Å². The number of amides is 2. The number of benzene rings is 4. The fourth-order valence-corrected chi connectivity index (χ4v) is 6.49. The van der Waals surface area contributed by atoms with Crippen molar-refractivity contribution in [2.45, 2.75) is 44.2 Å². The molecule has 0 aliphatic heterocycles. The van der Waals surface area contributed by atoms with Gasteiger partial charge in [-0.1, -0.05) is 73.2 Å². The summed E-state index contributed by atoms with van der Waals surface area (Å²) in [5, 5.41) is 2.87. The normalized spacial score (nSPS) is 11.8. The van der Waals surface area contributed by atoms with Crippen LogP contribution in [0, 0.1) is 12.7 Å². The lowest BCUT2D eigenvalue weighted by Gasteiger charge is -2.34. The van der Waals surface area contributed by atoms with Crippen molar-refractivity contribution in [2.75, 3.05) is 31.6 Å². The van der Waals surface area contributed by atoms with Crippen molar-refractivity contribution in [3.8, 4) is 11.5 Å². The molecule has 11 heteroatoms. The average Bonchev–Trinajstić information content (AvgIpc) is 3.08. The molecule has 4 rings (SSSR count). The summed E-state index contributed by atoms with van der Waals surface area (Å²) in [6.45, 7) is 3.10. The Hall–Kier alpha value is -4.90. The number of sulfonamides is 1. The van der Waals surface area contributed by atoms with Crippen LogP contribution in [0.2, 0.25) is 0 Å². The summed E-state index contributed by atoms with van der Waals surface area (Å²) in [6, 6.07) is 24.9. The summed E-state index contributed by atoms with van der Waals surface area (Å²) >= 11 is 0. The van der Waals surface area contributed by atoms with E-state index in [0.717, 1.165) is 15.4 Å². The second-order valence-corrected chi connectivity index (χ2v) is 12.8. The molecule has 0 heterocycles. The Morgan fingerprint density at radius 3 is 2.21 bits per heavy atom. The minimum Gasteiger partial charge on any atom is -0.497 e.